The fourth-order valence-corrected chi connectivity index (χ4v) is 4.89. The van der Waals surface area contributed by atoms with Gasteiger partial charge in [-0.3, -0.25) is 9.36 Å². The first-order valence-electron chi connectivity index (χ1n) is 13.7. The lowest BCUT2D eigenvalue weighted by atomic mass is 10.1. The molecule has 10 heteroatoms. The minimum Gasteiger partial charge on any atom is -0.494 e. The van der Waals surface area contributed by atoms with E-state index in [4.69, 9.17) is 19.4 Å². The molecule has 0 aliphatic rings. The minimum absolute atomic E-state index is 0.217. The maximum absolute atomic E-state index is 13.9. The lowest BCUT2D eigenvalue weighted by Crippen LogP contribution is -2.27. The van der Waals surface area contributed by atoms with Crippen molar-refractivity contribution in [3.63, 3.8) is 0 Å². The van der Waals surface area contributed by atoms with Gasteiger partial charge < -0.3 is 14.0 Å². The molecule has 218 valence electrons. The van der Waals surface area contributed by atoms with Crippen LogP contribution >= 0.6 is 0 Å². The first kappa shape index (κ1) is 29.1. The summed E-state index contributed by atoms with van der Waals surface area (Å²) in [6, 6.07) is 19.0. The number of hydrogen-bond donors (Lipinski definition) is 0. The molecule has 0 N–H and O–H groups in total. The third-order valence-corrected chi connectivity index (χ3v) is 6.95. The third-order valence-electron chi connectivity index (χ3n) is 6.95. The van der Waals surface area contributed by atoms with Gasteiger partial charge in [-0.2, -0.15) is 13.2 Å². The number of para-hydroxylation sites is 1. The summed E-state index contributed by atoms with van der Waals surface area (Å²) < 4.78 is 54.1. The van der Waals surface area contributed by atoms with Crippen molar-refractivity contribution in [2.24, 2.45) is 0 Å². The van der Waals surface area contributed by atoms with Crippen LogP contribution in [0.4, 0.5) is 13.2 Å². The van der Waals surface area contributed by atoms with Gasteiger partial charge in [0, 0.05) is 19.2 Å². The van der Waals surface area contributed by atoms with Crippen molar-refractivity contribution in [3.05, 3.63) is 118 Å². The number of rotatable bonds is 10. The molecule has 3 aromatic carbocycles. The van der Waals surface area contributed by atoms with E-state index < -0.39 is 17.8 Å². The van der Waals surface area contributed by atoms with Gasteiger partial charge in [0.05, 0.1) is 47.1 Å². The Hall–Kier alpha value is -4.44. The molecule has 0 bridgehead atoms. The lowest BCUT2D eigenvalue weighted by Gasteiger charge is -2.21. The molecule has 2 aromatic heterocycles. The summed E-state index contributed by atoms with van der Waals surface area (Å²) in [5.41, 5.74) is 1.60. The van der Waals surface area contributed by atoms with E-state index >= 15 is 0 Å². The van der Waals surface area contributed by atoms with E-state index in [1.165, 1.54) is 12.1 Å². The highest BCUT2D eigenvalue weighted by molar-refractivity contribution is 5.78. The normalized spacial score (nSPS) is 12.5. The molecule has 2 heterocycles. The van der Waals surface area contributed by atoms with Crippen molar-refractivity contribution < 1.29 is 22.6 Å². The summed E-state index contributed by atoms with van der Waals surface area (Å²) in [6.45, 7) is 7.00. The van der Waals surface area contributed by atoms with E-state index in [0.717, 1.165) is 12.1 Å². The average Bonchev–Trinajstić information content (AvgIpc) is 3.38. The predicted molar refractivity (Wildman–Crippen MR) is 154 cm³/mol. The van der Waals surface area contributed by atoms with E-state index in [0.29, 0.717) is 58.5 Å². The highest BCUT2D eigenvalue weighted by Gasteiger charge is 2.30. The molecule has 0 amide bonds. The number of halogens is 3. The van der Waals surface area contributed by atoms with Gasteiger partial charge >= 0.3 is 6.18 Å². The van der Waals surface area contributed by atoms with Crippen LogP contribution in [0.5, 0.6) is 5.75 Å². The number of benzene rings is 3. The summed E-state index contributed by atoms with van der Waals surface area (Å²) in [5, 5.41) is 0.481. The molecule has 0 aliphatic carbocycles. The number of nitrogens with zero attached hydrogens (tertiary/aromatic N) is 4. The summed E-state index contributed by atoms with van der Waals surface area (Å²) in [6.07, 6.45) is -2.29. The zero-order chi connectivity index (χ0) is 29.9. The molecule has 1 atom stereocenters. The SMILES string of the molecule is CCOCc1cn(C(C)c2nc3ccccc3c(=O)n2-c2ccc(OCC)cc2)c(Cc2ccc(C(F)(F)F)cc2)n1. The van der Waals surface area contributed by atoms with Crippen molar-refractivity contribution in [1.29, 1.82) is 0 Å². The molecule has 5 rings (SSSR count). The Morgan fingerprint density at radius 1 is 0.905 bits per heavy atom. The Kier molecular flexibility index (Phi) is 8.44. The van der Waals surface area contributed by atoms with Crippen LogP contribution in [0.2, 0.25) is 0 Å². The van der Waals surface area contributed by atoms with Gasteiger partial charge in [0.1, 0.15) is 17.4 Å². The molecular weight excluding hydrogens is 545 g/mol. The molecule has 0 saturated carbocycles. The molecule has 0 radical (unpaired) electrons. The van der Waals surface area contributed by atoms with Crippen LogP contribution in [-0.4, -0.2) is 32.3 Å². The van der Waals surface area contributed by atoms with Gasteiger partial charge in [-0.15, -0.1) is 0 Å². The highest BCUT2D eigenvalue weighted by Crippen LogP contribution is 2.30. The van der Waals surface area contributed by atoms with Crippen LogP contribution in [0.25, 0.3) is 16.6 Å². The molecule has 7 nitrogen and oxygen atoms in total. The molecule has 1 unspecified atom stereocenters. The molecular formula is C32H31F3N4O3. The summed E-state index contributed by atoms with van der Waals surface area (Å²) in [7, 11) is 0. The average molecular weight is 577 g/mol. The number of aromatic nitrogens is 4. The van der Waals surface area contributed by atoms with Crippen molar-refractivity contribution in [3.8, 4) is 11.4 Å². The first-order valence-corrected chi connectivity index (χ1v) is 13.7. The van der Waals surface area contributed by atoms with Crippen molar-refractivity contribution in [2.45, 2.75) is 46.0 Å². The van der Waals surface area contributed by atoms with Crippen LogP contribution < -0.4 is 10.3 Å². The zero-order valence-electron chi connectivity index (χ0n) is 23.6. The number of fused-ring (bicyclic) bond motifs is 1. The molecule has 0 saturated heterocycles. The fourth-order valence-electron chi connectivity index (χ4n) is 4.89. The maximum atomic E-state index is 13.9. The molecule has 0 fully saturated rings. The Bertz CT molecular complexity index is 1730. The number of hydrogen-bond acceptors (Lipinski definition) is 5. The Balaban J connectivity index is 1.62. The molecule has 0 spiro atoms. The zero-order valence-corrected chi connectivity index (χ0v) is 23.6. The Morgan fingerprint density at radius 3 is 2.29 bits per heavy atom. The van der Waals surface area contributed by atoms with Gasteiger partial charge in [-0.1, -0.05) is 24.3 Å². The topological polar surface area (TPSA) is 71.2 Å². The van der Waals surface area contributed by atoms with Crippen LogP contribution in [0, 0.1) is 0 Å². The van der Waals surface area contributed by atoms with E-state index in [1.54, 1.807) is 22.8 Å². The second-order valence-electron chi connectivity index (χ2n) is 9.79. The van der Waals surface area contributed by atoms with Gasteiger partial charge in [0.25, 0.3) is 5.56 Å². The second kappa shape index (κ2) is 12.2. The van der Waals surface area contributed by atoms with Crippen molar-refractivity contribution in [1.82, 2.24) is 19.1 Å². The Morgan fingerprint density at radius 2 is 1.62 bits per heavy atom. The lowest BCUT2D eigenvalue weighted by molar-refractivity contribution is -0.137. The molecule has 42 heavy (non-hydrogen) atoms. The third kappa shape index (κ3) is 6.08. The van der Waals surface area contributed by atoms with E-state index in [1.807, 2.05) is 61.9 Å². The van der Waals surface area contributed by atoms with Gasteiger partial charge in [0.2, 0.25) is 0 Å². The van der Waals surface area contributed by atoms with Crippen molar-refractivity contribution in [2.75, 3.05) is 13.2 Å². The fraction of sp³-hybridized carbons (Fsp3) is 0.281. The monoisotopic (exact) mass is 576 g/mol. The van der Waals surface area contributed by atoms with Crippen LogP contribution in [0.1, 0.15) is 55.3 Å². The summed E-state index contributed by atoms with van der Waals surface area (Å²) in [4.78, 5) is 23.6. The highest BCUT2D eigenvalue weighted by atomic mass is 19.4. The summed E-state index contributed by atoms with van der Waals surface area (Å²) in [5.74, 6) is 1.78. The van der Waals surface area contributed by atoms with E-state index in [-0.39, 0.29) is 18.6 Å². The summed E-state index contributed by atoms with van der Waals surface area (Å²) >= 11 is 0. The second-order valence-corrected chi connectivity index (χ2v) is 9.79. The van der Waals surface area contributed by atoms with Gasteiger partial charge in [0.15, 0.2) is 0 Å². The van der Waals surface area contributed by atoms with Crippen LogP contribution in [0.15, 0.2) is 83.8 Å². The quantitative estimate of drug-likeness (QED) is 0.184. The predicted octanol–water partition coefficient (Wildman–Crippen LogP) is 6.74. The molecule has 5 aromatic rings. The number of alkyl halides is 3. The van der Waals surface area contributed by atoms with Gasteiger partial charge in [-0.05, 0) is 74.9 Å². The van der Waals surface area contributed by atoms with Crippen LogP contribution in [-0.2, 0) is 23.9 Å². The van der Waals surface area contributed by atoms with E-state index in [2.05, 4.69) is 0 Å². The van der Waals surface area contributed by atoms with Gasteiger partial charge in [-0.25, -0.2) is 9.97 Å². The largest absolute Gasteiger partial charge is 0.494 e. The number of ether oxygens (including phenoxy) is 2. The smallest absolute Gasteiger partial charge is 0.416 e. The molecule has 0 aliphatic heterocycles. The van der Waals surface area contributed by atoms with E-state index in [9.17, 15) is 18.0 Å². The number of imidazole rings is 1. The minimum atomic E-state index is -4.41. The first-order chi connectivity index (χ1) is 20.2. The maximum Gasteiger partial charge on any atom is 0.416 e. The van der Waals surface area contributed by atoms with Crippen LogP contribution in [0.3, 0.4) is 0 Å². The van der Waals surface area contributed by atoms with Crippen molar-refractivity contribution >= 4 is 10.9 Å². The standard InChI is InChI=1S/C32H31F3N4O3/c1-4-41-20-24-19-38(29(36-24)18-22-10-12-23(13-11-22)32(33,34)35)21(3)30-37-28-9-7-6-8-27(28)31(40)39(30)25-14-16-26(17-15-25)42-5-2/h6-17,19,21H,4-5,18,20H2,1-3H3. The Labute approximate surface area is 241 Å².